The summed E-state index contributed by atoms with van der Waals surface area (Å²) in [5.41, 5.74) is 6.32. The van der Waals surface area contributed by atoms with Crippen molar-refractivity contribution in [1.82, 2.24) is 20.2 Å². The lowest BCUT2D eigenvalue weighted by molar-refractivity contribution is 0.0124. The van der Waals surface area contributed by atoms with Gasteiger partial charge in [0, 0.05) is 40.3 Å². The molecule has 5 rings (SSSR count). The molecule has 1 aliphatic heterocycles. The van der Waals surface area contributed by atoms with E-state index in [0.717, 1.165) is 22.2 Å². The molecule has 1 saturated heterocycles. The molecule has 0 aliphatic carbocycles. The number of aromatic nitrogens is 2. The lowest BCUT2D eigenvalue weighted by Gasteiger charge is -2.26. The van der Waals surface area contributed by atoms with Gasteiger partial charge >= 0.3 is 0 Å². The second-order valence-corrected chi connectivity index (χ2v) is 8.41. The molecule has 170 valence electrons. The Hall–Kier alpha value is -3.20. The van der Waals surface area contributed by atoms with Gasteiger partial charge in [0.25, 0.3) is 5.91 Å². The Kier molecular flexibility index (Phi) is 5.88. The maximum absolute atomic E-state index is 13.3. The predicted molar refractivity (Wildman–Crippen MR) is 123 cm³/mol. The fourth-order valence-corrected chi connectivity index (χ4v) is 4.13. The van der Waals surface area contributed by atoms with Gasteiger partial charge in [0.15, 0.2) is 5.69 Å². The van der Waals surface area contributed by atoms with Crippen LogP contribution in [-0.2, 0) is 11.3 Å². The molecule has 33 heavy (non-hydrogen) atoms. The van der Waals surface area contributed by atoms with E-state index in [1.54, 1.807) is 22.9 Å². The van der Waals surface area contributed by atoms with Gasteiger partial charge in [-0.2, -0.15) is 5.10 Å². The number of hydrazine groups is 1. The molecule has 1 aliphatic rings. The first-order valence-electron chi connectivity index (χ1n) is 10.6. The first-order chi connectivity index (χ1) is 16.0. The van der Waals surface area contributed by atoms with Crippen LogP contribution in [0, 0.1) is 12.7 Å². The largest absolute Gasteiger partial charge is 0.456 e. The molecule has 9 heteroatoms. The van der Waals surface area contributed by atoms with Crippen LogP contribution in [0.5, 0.6) is 0 Å². The van der Waals surface area contributed by atoms with Crippen LogP contribution >= 0.6 is 11.6 Å². The molecule has 1 amide bonds. The van der Waals surface area contributed by atoms with Crippen molar-refractivity contribution >= 4 is 28.5 Å². The smallest absolute Gasteiger partial charge is 0.286 e. The standard InChI is InChI=1S/C24H22ClFN4O3/c1-15-10-21(24(31)28-29-6-8-32-9-7-29)27-30(15)14-18-12-19(25)11-17-13-22(33-23(17)18)16-2-4-20(26)5-3-16/h2-5,10-13H,6-9,14H2,1H3,(H,28,31). The van der Waals surface area contributed by atoms with Gasteiger partial charge < -0.3 is 9.15 Å². The minimum absolute atomic E-state index is 0.258. The second-order valence-electron chi connectivity index (χ2n) is 7.97. The van der Waals surface area contributed by atoms with Gasteiger partial charge in [0.05, 0.1) is 19.8 Å². The summed E-state index contributed by atoms with van der Waals surface area (Å²) in [5, 5.41) is 7.74. The number of rotatable bonds is 5. The van der Waals surface area contributed by atoms with Crippen LogP contribution in [0.15, 0.2) is 52.9 Å². The third kappa shape index (κ3) is 4.64. The van der Waals surface area contributed by atoms with Gasteiger partial charge in [-0.25, -0.2) is 9.40 Å². The predicted octanol–water partition coefficient (Wildman–Crippen LogP) is 4.42. The number of halogens is 2. The van der Waals surface area contributed by atoms with Crippen LogP contribution in [-0.4, -0.2) is 47.0 Å². The zero-order chi connectivity index (χ0) is 22.9. The molecule has 0 atom stereocenters. The number of fused-ring (bicyclic) bond motifs is 1. The van der Waals surface area contributed by atoms with Crippen molar-refractivity contribution in [3.05, 3.63) is 76.3 Å². The van der Waals surface area contributed by atoms with E-state index in [2.05, 4.69) is 10.5 Å². The molecule has 4 aromatic rings. The molecule has 2 aromatic carbocycles. The van der Waals surface area contributed by atoms with Crippen molar-refractivity contribution in [3.8, 4) is 11.3 Å². The van der Waals surface area contributed by atoms with E-state index < -0.39 is 0 Å². The van der Waals surface area contributed by atoms with E-state index in [4.69, 9.17) is 20.8 Å². The van der Waals surface area contributed by atoms with E-state index in [9.17, 15) is 9.18 Å². The number of nitrogens with zero attached hydrogens (tertiary/aromatic N) is 3. The van der Waals surface area contributed by atoms with Crippen LogP contribution in [0.25, 0.3) is 22.3 Å². The maximum Gasteiger partial charge on any atom is 0.286 e. The van der Waals surface area contributed by atoms with Crippen LogP contribution < -0.4 is 5.43 Å². The minimum Gasteiger partial charge on any atom is -0.456 e. The fourth-order valence-electron chi connectivity index (χ4n) is 3.88. The highest BCUT2D eigenvalue weighted by molar-refractivity contribution is 6.31. The van der Waals surface area contributed by atoms with Crippen LogP contribution in [0.2, 0.25) is 5.02 Å². The molecule has 0 spiro atoms. The maximum atomic E-state index is 13.3. The Bertz CT molecular complexity index is 1310. The Morgan fingerprint density at radius 1 is 1.15 bits per heavy atom. The van der Waals surface area contributed by atoms with Gasteiger partial charge in [-0.15, -0.1) is 0 Å². The number of hydrogen-bond donors (Lipinski definition) is 1. The van der Waals surface area contributed by atoms with Crippen LogP contribution in [0.3, 0.4) is 0 Å². The number of morpholine rings is 1. The molecule has 1 N–H and O–H groups in total. The number of ether oxygens (including phenoxy) is 1. The normalized spacial score (nSPS) is 14.6. The number of benzene rings is 2. The number of nitrogens with one attached hydrogen (secondary N) is 1. The molecule has 3 heterocycles. The number of amides is 1. The number of furan rings is 1. The lowest BCUT2D eigenvalue weighted by Crippen LogP contribution is -2.48. The van der Waals surface area contributed by atoms with E-state index >= 15 is 0 Å². The Morgan fingerprint density at radius 3 is 2.67 bits per heavy atom. The van der Waals surface area contributed by atoms with Gasteiger partial charge in [0.2, 0.25) is 0 Å². The number of carbonyl (C=O) groups excluding carboxylic acids is 1. The molecule has 0 radical (unpaired) electrons. The highest BCUT2D eigenvalue weighted by Crippen LogP contribution is 2.33. The van der Waals surface area contributed by atoms with Gasteiger partial charge in [-0.3, -0.25) is 14.9 Å². The van der Waals surface area contributed by atoms with Crippen molar-refractivity contribution in [2.75, 3.05) is 26.3 Å². The minimum atomic E-state index is -0.304. The van der Waals surface area contributed by atoms with E-state index in [1.165, 1.54) is 12.1 Å². The van der Waals surface area contributed by atoms with E-state index in [1.807, 2.05) is 30.1 Å². The SMILES string of the molecule is Cc1cc(C(=O)NN2CCOCC2)nn1Cc1cc(Cl)cc2cc(-c3ccc(F)cc3)oc12. The summed E-state index contributed by atoms with van der Waals surface area (Å²) in [6.07, 6.45) is 0. The van der Waals surface area contributed by atoms with Gasteiger partial charge in [0.1, 0.15) is 17.2 Å². The zero-order valence-electron chi connectivity index (χ0n) is 18.0. The van der Waals surface area contributed by atoms with Gasteiger partial charge in [-0.1, -0.05) is 11.6 Å². The van der Waals surface area contributed by atoms with Gasteiger partial charge in [-0.05, 0) is 55.5 Å². The fraction of sp³-hybridized carbons (Fsp3) is 0.250. The Balaban J connectivity index is 1.41. The van der Waals surface area contributed by atoms with Crippen molar-refractivity contribution < 1.29 is 18.3 Å². The number of aryl methyl sites for hydroxylation is 1. The first kappa shape index (κ1) is 21.6. The average Bonchev–Trinajstić information content (AvgIpc) is 3.39. The monoisotopic (exact) mass is 468 g/mol. The first-order valence-corrected chi connectivity index (χ1v) is 11.0. The molecule has 1 fully saturated rings. The van der Waals surface area contributed by atoms with Crippen LogP contribution in [0.1, 0.15) is 21.7 Å². The third-order valence-corrected chi connectivity index (χ3v) is 5.81. The number of hydrogen-bond acceptors (Lipinski definition) is 5. The molecule has 0 bridgehead atoms. The van der Waals surface area contributed by atoms with Crippen molar-refractivity contribution in [2.24, 2.45) is 0 Å². The molecule has 7 nitrogen and oxygen atoms in total. The Morgan fingerprint density at radius 2 is 1.91 bits per heavy atom. The molecule has 0 unspecified atom stereocenters. The molecular formula is C24H22ClFN4O3. The summed E-state index contributed by atoms with van der Waals surface area (Å²) < 4.78 is 26.5. The summed E-state index contributed by atoms with van der Waals surface area (Å²) in [6.45, 7) is 4.72. The van der Waals surface area contributed by atoms with E-state index in [-0.39, 0.29) is 11.7 Å². The lowest BCUT2D eigenvalue weighted by atomic mass is 10.1. The molecule has 2 aromatic heterocycles. The third-order valence-electron chi connectivity index (χ3n) is 5.59. The summed E-state index contributed by atoms with van der Waals surface area (Å²) >= 11 is 6.37. The number of carbonyl (C=O) groups is 1. The van der Waals surface area contributed by atoms with Crippen LogP contribution in [0.4, 0.5) is 4.39 Å². The average molecular weight is 469 g/mol. The van der Waals surface area contributed by atoms with Crippen molar-refractivity contribution in [1.29, 1.82) is 0 Å². The topological polar surface area (TPSA) is 72.5 Å². The van der Waals surface area contributed by atoms with E-state index in [0.29, 0.717) is 54.9 Å². The summed E-state index contributed by atoms with van der Waals surface area (Å²) in [4.78, 5) is 12.6. The highest BCUT2D eigenvalue weighted by Gasteiger charge is 2.19. The van der Waals surface area contributed by atoms with Crippen molar-refractivity contribution in [3.63, 3.8) is 0 Å². The second kappa shape index (κ2) is 8.97. The highest BCUT2D eigenvalue weighted by atomic mass is 35.5. The van der Waals surface area contributed by atoms with Crippen molar-refractivity contribution in [2.45, 2.75) is 13.5 Å². The summed E-state index contributed by atoms with van der Waals surface area (Å²) in [5.74, 6) is 0.0593. The quantitative estimate of drug-likeness (QED) is 0.469. The Labute approximate surface area is 194 Å². The zero-order valence-corrected chi connectivity index (χ0v) is 18.7. The molecule has 0 saturated carbocycles. The molecular weight excluding hydrogens is 447 g/mol. The summed E-state index contributed by atoms with van der Waals surface area (Å²) in [6, 6.07) is 13.4. The summed E-state index contributed by atoms with van der Waals surface area (Å²) in [7, 11) is 0.